The van der Waals surface area contributed by atoms with Gasteiger partial charge in [0.25, 0.3) is 0 Å². The van der Waals surface area contributed by atoms with E-state index in [9.17, 15) is 0 Å². The average Bonchev–Trinajstić information content (AvgIpc) is 3.61. The van der Waals surface area contributed by atoms with Crippen LogP contribution in [0.3, 0.4) is 0 Å². The minimum atomic E-state index is 1.05. The summed E-state index contributed by atoms with van der Waals surface area (Å²) in [5.74, 6) is 0. The van der Waals surface area contributed by atoms with E-state index in [-0.39, 0.29) is 0 Å². The van der Waals surface area contributed by atoms with E-state index in [0.717, 1.165) is 33.1 Å². The van der Waals surface area contributed by atoms with E-state index in [0.29, 0.717) is 0 Å². The van der Waals surface area contributed by atoms with Crippen molar-refractivity contribution in [3.8, 4) is 32.8 Å². The van der Waals surface area contributed by atoms with E-state index in [4.69, 9.17) is 4.98 Å². The van der Waals surface area contributed by atoms with Crippen LogP contribution in [0.2, 0.25) is 0 Å². The van der Waals surface area contributed by atoms with Crippen molar-refractivity contribution in [1.82, 2.24) is 4.98 Å². The molecule has 0 saturated carbocycles. The Morgan fingerprint density at radius 3 is 1.67 bits per heavy atom. The van der Waals surface area contributed by atoms with Gasteiger partial charge in [-0.05, 0) is 86.9 Å². The highest BCUT2D eigenvalue weighted by Gasteiger charge is 2.18. The van der Waals surface area contributed by atoms with Crippen molar-refractivity contribution >= 4 is 60.2 Å². The molecule has 0 aliphatic carbocycles. The number of thiazole rings is 1. The van der Waals surface area contributed by atoms with Crippen molar-refractivity contribution in [2.45, 2.75) is 0 Å². The molecule has 48 heavy (non-hydrogen) atoms. The first-order chi connectivity index (χ1) is 23.8. The van der Waals surface area contributed by atoms with Gasteiger partial charge in [-0.15, -0.1) is 11.3 Å². The van der Waals surface area contributed by atoms with Crippen LogP contribution in [0.15, 0.2) is 182 Å². The summed E-state index contributed by atoms with van der Waals surface area (Å²) in [5.41, 5.74) is 10.4. The van der Waals surface area contributed by atoms with Gasteiger partial charge in [-0.2, -0.15) is 0 Å². The van der Waals surface area contributed by atoms with Crippen LogP contribution in [0.25, 0.3) is 64.6 Å². The van der Waals surface area contributed by atoms with Gasteiger partial charge in [-0.1, -0.05) is 133 Å². The topological polar surface area (TPSA) is 16.1 Å². The quantitative estimate of drug-likeness (QED) is 0.170. The van der Waals surface area contributed by atoms with Gasteiger partial charge in [0.2, 0.25) is 0 Å². The predicted octanol–water partition coefficient (Wildman–Crippen LogP) is 13.1. The van der Waals surface area contributed by atoms with Crippen LogP contribution in [0.1, 0.15) is 0 Å². The standard InChI is InChI=1S/C45H30N2S/c1-5-13-31(14-6-1)32-21-24-37(25-22-32)47(36-19-11-4-12-20-36)38-26-27-39-41(30-38)40(33-15-7-2-8-16-33)29-35-23-28-42-44(43(35)39)46-45(48-42)34-17-9-3-10-18-34/h1-30H. The second-order valence-corrected chi connectivity index (χ2v) is 13.0. The SMILES string of the molecule is c1ccc(-c2ccc(N(c3ccccc3)c3ccc4c(c3)c(-c3ccccc3)cc3ccc5sc(-c6ccccc6)nc5c34)cc2)cc1. The number of benzene rings is 8. The minimum absolute atomic E-state index is 1.05. The monoisotopic (exact) mass is 630 g/mol. The second kappa shape index (κ2) is 12.0. The van der Waals surface area contributed by atoms with Crippen molar-refractivity contribution in [2.75, 3.05) is 4.90 Å². The molecule has 0 bridgehead atoms. The number of hydrogen-bond donors (Lipinski definition) is 0. The fourth-order valence-corrected chi connectivity index (χ4v) is 7.76. The Bertz CT molecular complexity index is 2520. The molecule has 0 spiro atoms. The Morgan fingerprint density at radius 1 is 0.417 bits per heavy atom. The van der Waals surface area contributed by atoms with Gasteiger partial charge >= 0.3 is 0 Å². The van der Waals surface area contributed by atoms with Crippen LogP contribution in [-0.2, 0) is 0 Å². The zero-order valence-corrected chi connectivity index (χ0v) is 26.9. The molecule has 0 N–H and O–H groups in total. The van der Waals surface area contributed by atoms with Crippen molar-refractivity contribution < 1.29 is 0 Å². The lowest BCUT2D eigenvalue weighted by atomic mass is 9.92. The van der Waals surface area contributed by atoms with Gasteiger partial charge in [0, 0.05) is 28.0 Å². The largest absolute Gasteiger partial charge is 0.310 e. The second-order valence-electron chi connectivity index (χ2n) is 12.0. The predicted molar refractivity (Wildman–Crippen MR) is 206 cm³/mol. The summed E-state index contributed by atoms with van der Waals surface area (Å²) < 4.78 is 1.20. The van der Waals surface area contributed by atoms with E-state index < -0.39 is 0 Å². The summed E-state index contributed by atoms with van der Waals surface area (Å²) in [6, 6.07) is 65.1. The van der Waals surface area contributed by atoms with E-state index in [1.54, 1.807) is 11.3 Å². The summed E-state index contributed by atoms with van der Waals surface area (Å²) in [6.07, 6.45) is 0. The molecule has 1 aromatic heterocycles. The first kappa shape index (κ1) is 28.2. The molecule has 0 amide bonds. The molecule has 9 aromatic rings. The first-order valence-corrected chi connectivity index (χ1v) is 17.0. The number of rotatable bonds is 6. The van der Waals surface area contributed by atoms with Crippen molar-refractivity contribution in [3.63, 3.8) is 0 Å². The molecule has 9 rings (SSSR count). The fourth-order valence-electron chi connectivity index (χ4n) is 6.78. The lowest BCUT2D eigenvalue weighted by Crippen LogP contribution is -2.09. The Morgan fingerprint density at radius 2 is 0.979 bits per heavy atom. The van der Waals surface area contributed by atoms with Crippen LogP contribution >= 0.6 is 11.3 Å². The number of aromatic nitrogens is 1. The maximum Gasteiger partial charge on any atom is 0.124 e. The molecule has 0 unspecified atom stereocenters. The number of fused-ring (bicyclic) bond motifs is 5. The highest BCUT2D eigenvalue weighted by molar-refractivity contribution is 7.21. The molecule has 0 atom stereocenters. The van der Waals surface area contributed by atoms with Crippen LogP contribution < -0.4 is 4.90 Å². The third-order valence-electron chi connectivity index (χ3n) is 9.07. The van der Waals surface area contributed by atoms with Gasteiger partial charge in [0.05, 0.1) is 10.2 Å². The summed E-state index contributed by atoms with van der Waals surface area (Å²) in [5, 5.41) is 5.85. The van der Waals surface area contributed by atoms with Gasteiger partial charge < -0.3 is 4.90 Å². The maximum atomic E-state index is 5.26. The van der Waals surface area contributed by atoms with Gasteiger partial charge in [0.15, 0.2) is 0 Å². The number of nitrogens with zero attached hydrogens (tertiary/aromatic N) is 2. The van der Waals surface area contributed by atoms with Gasteiger partial charge in [0.1, 0.15) is 5.01 Å². The van der Waals surface area contributed by atoms with Gasteiger partial charge in [-0.25, -0.2) is 4.98 Å². The average molecular weight is 631 g/mol. The van der Waals surface area contributed by atoms with E-state index in [2.05, 4.69) is 187 Å². The van der Waals surface area contributed by atoms with Crippen LogP contribution in [0, 0.1) is 0 Å². The van der Waals surface area contributed by atoms with Crippen LogP contribution in [0.5, 0.6) is 0 Å². The van der Waals surface area contributed by atoms with Crippen molar-refractivity contribution in [2.24, 2.45) is 0 Å². The van der Waals surface area contributed by atoms with E-state index >= 15 is 0 Å². The Labute approximate surface area is 283 Å². The number of hydrogen-bond acceptors (Lipinski definition) is 3. The normalized spacial score (nSPS) is 11.3. The lowest BCUT2D eigenvalue weighted by molar-refractivity contribution is 1.29. The fraction of sp³-hybridized carbons (Fsp3) is 0. The summed E-state index contributed by atoms with van der Waals surface area (Å²) in [7, 11) is 0. The maximum absolute atomic E-state index is 5.26. The molecule has 3 heteroatoms. The molecule has 0 aliphatic rings. The Kier molecular flexibility index (Phi) is 7.03. The summed E-state index contributed by atoms with van der Waals surface area (Å²) in [6.45, 7) is 0. The van der Waals surface area contributed by atoms with E-state index in [1.807, 2.05) is 0 Å². The molecule has 0 aliphatic heterocycles. The van der Waals surface area contributed by atoms with Gasteiger partial charge in [-0.3, -0.25) is 0 Å². The van der Waals surface area contributed by atoms with Crippen LogP contribution in [-0.4, -0.2) is 4.98 Å². The van der Waals surface area contributed by atoms with Crippen molar-refractivity contribution in [1.29, 1.82) is 0 Å². The zero-order valence-electron chi connectivity index (χ0n) is 26.1. The zero-order chi connectivity index (χ0) is 31.9. The van der Waals surface area contributed by atoms with E-state index in [1.165, 1.54) is 48.5 Å². The molecule has 2 nitrogen and oxygen atoms in total. The minimum Gasteiger partial charge on any atom is -0.310 e. The summed E-state index contributed by atoms with van der Waals surface area (Å²) >= 11 is 1.76. The highest BCUT2D eigenvalue weighted by atomic mass is 32.1. The smallest absolute Gasteiger partial charge is 0.124 e. The Hall–Kier alpha value is -6.03. The highest BCUT2D eigenvalue weighted by Crippen LogP contribution is 2.44. The molecule has 0 fully saturated rings. The summed E-state index contributed by atoms with van der Waals surface area (Å²) in [4.78, 5) is 7.61. The number of para-hydroxylation sites is 1. The van der Waals surface area contributed by atoms with Crippen molar-refractivity contribution in [3.05, 3.63) is 182 Å². The third kappa shape index (κ3) is 5.02. The molecule has 0 saturated heterocycles. The molecule has 1 heterocycles. The molecule has 226 valence electrons. The molecular weight excluding hydrogens is 601 g/mol. The Balaban J connectivity index is 1.27. The molecule has 0 radical (unpaired) electrons. The van der Waals surface area contributed by atoms with Crippen LogP contribution in [0.4, 0.5) is 17.1 Å². The lowest BCUT2D eigenvalue weighted by Gasteiger charge is -2.26. The third-order valence-corrected chi connectivity index (χ3v) is 10.1. The molecular formula is C45H30N2S. The number of anilines is 3. The molecule has 8 aromatic carbocycles. The first-order valence-electron chi connectivity index (χ1n) is 16.2.